The van der Waals surface area contributed by atoms with Crippen molar-refractivity contribution in [3.63, 3.8) is 0 Å². The van der Waals surface area contributed by atoms with Crippen LogP contribution in [0.3, 0.4) is 0 Å². The molecule has 0 aliphatic rings. The van der Waals surface area contributed by atoms with E-state index in [0.29, 0.717) is 12.3 Å². The summed E-state index contributed by atoms with van der Waals surface area (Å²) in [6.07, 6.45) is -0.570. The molecule has 0 spiro atoms. The van der Waals surface area contributed by atoms with Gasteiger partial charge in [0.05, 0.1) is 17.6 Å². The summed E-state index contributed by atoms with van der Waals surface area (Å²) in [5, 5.41) is 2.83. The van der Waals surface area contributed by atoms with Crippen molar-refractivity contribution in [1.29, 1.82) is 0 Å². The number of nitrogens with zero attached hydrogens (tertiary/aromatic N) is 1. The molecule has 2 N–H and O–H groups in total. The quantitative estimate of drug-likeness (QED) is 0.622. The number of aromatic amines is 1. The molecule has 1 amide bonds. The molecule has 0 bridgehead atoms. The molecule has 23 heavy (non-hydrogen) atoms. The Morgan fingerprint density at radius 2 is 2.00 bits per heavy atom. The van der Waals surface area contributed by atoms with Crippen LogP contribution in [0, 0.1) is 3.57 Å². The van der Waals surface area contributed by atoms with Gasteiger partial charge in [-0.25, -0.2) is 4.98 Å². The number of imidazole rings is 1. The number of para-hydroxylation sites is 2. The van der Waals surface area contributed by atoms with Crippen LogP contribution in [0.1, 0.15) is 12.7 Å². The molecule has 0 fully saturated rings. The molecule has 6 heteroatoms. The fourth-order valence-electron chi connectivity index (χ4n) is 2.17. The van der Waals surface area contributed by atoms with E-state index in [9.17, 15) is 4.79 Å². The summed E-state index contributed by atoms with van der Waals surface area (Å²) in [6, 6.07) is 15.3. The lowest BCUT2D eigenvalue weighted by Gasteiger charge is -2.14. The Balaban J connectivity index is 1.56. The Kier molecular flexibility index (Phi) is 4.80. The first-order chi connectivity index (χ1) is 11.1. The molecule has 118 valence electrons. The number of nitrogens with one attached hydrogen (secondary N) is 2. The highest BCUT2D eigenvalue weighted by Gasteiger charge is 2.15. The molecular formula is C17H16IN3O2. The molecule has 0 radical (unpaired) electrons. The molecule has 0 unspecified atom stereocenters. The zero-order chi connectivity index (χ0) is 16.2. The number of benzene rings is 2. The van der Waals surface area contributed by atoms with E-state index < -0.39 is 6.10 Å². The van der Waals surface area contributed by atoms with Crippen molar-refractivity contribution in [2.45, 2.75) is 19.6 Å². The van der Waals surface area contributed by atoms with E-state index in [1.165, 1.54) is 0 Å². The van der Waals surface area contributed by atoms with Crippen LogP contribution in [0.15, 0.2) is 48.5 Å². The maximum atomic E-state index is 12.1. The normalized spacial score (nSPS) is 12.1. The van der Waals surface area contributed by atoms with Gasteiger partial charge in [-0.1, -0.05) is 12.1 Å². The number of carbonyl (C=O) groups excluding carboxylic acids is 1. The van der Waals surface area contributed by atoms with Gasteiger partial charge in [-0.15, -0.1) is 0 Å². The lowest BCUT2D eigenvalue weighted by molar-refractivity contribution is -0.127. The fourth-order valence-corrected chi connectivity index (χ4v) is 2.53. The average Bonchev–Trinajstić information content (AvgIpc) is 2.97. The first kappa shape index (κ1) is 15.8. The number of rotatable bonds is 5. The number of fused-ring (bicyclic) bond motifs is 1. The minimum Gasteiger partial charge on any atom is -0.481 e. The van der Waals surface area contributed by atoms with Gasteiger partial charge in [0.25, 0.3) is 5.91 Å². The van der Waals surface area contributed by atoms with E-state index in [4.69, 9.17) is 4.74 Å². The Morgan fingerprint density at radius 1 is 1.26 bits per heavy atom. The van der Waals surface area contributed by atoms with Gasteiger partial charge >= 0.3 is 0 Å². The number of H-pyrrole nitrogens is 1. The molecule has 0 aliphatic carbocycles. The molecule has 1 aromatic heterocycles. The monoisotopic (exact) mass is 421 g/mol. The highest BCUT2D eigenvalue weighted by molar-refractivity contribution is 14.1. The molecular weight excluding hydrogens is 405 g/mol. The van der Waals surface area contributed by atoms with Gasteiger partial charge in [-0.2, -0.15) is 0 Å². The Labute approximate surface area is 147 Å². The van der Waals surface area contributed by atoms with Crippen molar-refractivity contribution < 1.29 is 9.53 Å². The number of carbonyl (C=O) groups is 1. The minimum atomic E-state index is -0.570. The van der Waals surface area contributed by atoms with Gasteiger partial charge < -0.3 is 15.0 Å². The summed E-state index contributed by atoms with van der Waals surface area (Å²) in [7, 11) is 0. The number of hydrogen-bond donors (Lipinski definition) is 2. The van der Waals surface area contributed by atoms with Crippen molar-refractivity contribution in [3.05, 3.63) is 57.9 Å². The maximum absolute atomic E-state index is 12.1. The zero-order valence-electron chi connectivity index (χ0n) is 12.5. The van der Waals surface area contributed by atoms with Gasteiger partial charge in [0.2, 0.25) is 0 Å². The third kappa shape index (κ3) is 4.01. The Morgan fingerprint density at radius 3 is 2.74 bits per heavy atom. The van der Waals surface area contributed by atoms with E-state index in [0.717, 1.165) is 20.4 Å². The van der Waals surface area contributed by atoms with Crippen LogP contribution < -0.4 is 10.1 Å². The van der Waals surface area contributed by atoms with Gasteiger partial charge in [-0.3, -0.25) is 4.79 Å². The molecule has 3 rings (SSSR count). The lowest BCUT2D eigenvalue weighted by Crippen LogP contribution is -2.36. The summed E-state index contributed by atoms with van der Waals surface area (Å²) < 4.78 is 6.75. The van der Waals surface area contributed by atoms with Gasteiger partial charge in [0, 0.05) is 3.57 Å². The molecule has 1 heterocycles. The highest BCUT2D eigenvalue weighted by atomic mass is 127. The van der Waals surface area contributed by atoms with Crippen molar-refractivity contribution >= 4 is 39.5 Å². The van der Waals surface area contributed by atoms with E-state index in [-0.39, 0.29) is 5.91 Å². The van der Waals surface area contributed by atoms with Gasteiger partial charge in [0.15, 0.2) is 6.10 Å². The smallest absolute Gasteiger partial charge is 0.261 e. The predicted molar refractivity (Wildman–Crippen MR) is 97.2 cm³/mol. The van der Waals surface area contributed by atoms with E-state index in [1.807, 2.05) is 48.5 Å². The van der Waals surface area contributed by atoms with E-state index in [2.05, 4.69) is 37.9 Å². The second kappa shape index (κ2) is 6.99. The summed E-state index contributed by atoms with van der Waals surface area (Å²) in [5.74, 6) is 1.22. The molecule has 3 aromatic rings. The molecule has 0 aliphatic heterocycles. The van der Waals surface area contributed by atoms with Crippen LogP contribution in [0.2, 0.25) is 0 Å². The third-order valence-electron chi connectivity index (χ3n) is 3.36. The van der Waals surface area contributed by atoms with Crippen LogP contribution in [-0.2, 0) is 11.3 Å². The van der Waals surface area contributed by atoms with Gasteiger partial charge in [0.1, 0.15) is 11.6 Å². The van der Waals surface area contributed by atoms with Crippen LogP contribution >= 0.6 is 22.6 Å². The Bertz CT molecular complexity index is 781. The first-order valence-corrected chi connectivity index (χ1v) is 8.33. The SMILES string of the molecule is C[C@@H](Oc1ccc(I)cc1)C(=O)NCc1nc2ccccc2[nH]1. The number of amides is 1. The van der Waals surface area contributed by atoms with Crippen LogP contribution in [-0.4, -0.2) is 22.0 Å². The topological polar surface area (TPSA) is 67.0 Å². The van der Waals surface area contributed by atoms with Crippen molar-refractivity contribution in [3.8, 4) is 5.75 Å². The largest absolute Gasteiger partial charge is 0.481 e. The molecule has 5 nitrogen and oxygen atoms in total. The lowest BCUT2D eigenvalue weighted by atomic mass is 10.3. The molecule has 0 saturated heterocycles. The Hall–Kier alpha value is -2.09. The number of ether oxygens (including phenoxy) is 1. The number of aromatic nitrogens is 2. The van der Waals surface area contributed by atoms with Crippen molar-refractivity contribution in [2.24, 2.45) is 0 Å². The van der Waals surface area contributed by atoms with Crippen LogP contribution in [0.4, 0.5) is 0 Å². The maximum Gasteiger partial charge on any atom is 0.261 e. The van der Waals surface area contributed by atoms with Crippen LogP contribution in [0.25, 0.3) is 11.0 Å². The van der Waals surface area contributed by atoms with E-state index in [1.54, 1.807) is 6.92 Å². The average molecular weight is 421 g/mol. The van der Waals surface area contributed by atoms with E-state index >= 15 is 0 Å². The number of hydrogen-bond acceptors (Lipinski definition) is 3. The van der Waals surface area contributed by atoms with Crippen LogP contribution in [0.5, 0.6) is 5.75 Å². The van der Waals surface area contributed by atoms with Crippen molar-refractivity contribution in [1.82, 2.24) is 15.3 Å². The summed E-state index contributed by atoms with van der Waals surface area (Å²) in [5.41, 5.74) is 1.85. The summed E-state index contributed by atoms with van der Waals surface area (Å²) >= 11 is 2.22. The second-order valence-corrected chi connectivity index (χ2v) is 6.38. The minimum absolute atomic E-state index is 0.177. The fraction of sp³-hybridized carbons (Fsp3) is 0.176. The van der Waals surface area contributed by atoms with Gasteiger partial charge in [-0.05, 0) is 65.9 Å². The third-order valence-corrected chi connectivity index (χ3v) is 4.08. The second-order valence-electron chi connectivity index (χ2n) is 5.13. The summed E-state index contributed by atoms with van der Waals surface area (Å²) in [4.78, 5) is 19.7. The molecule has 0 saturated carbocycles. The zero-order valence-corrected chi connectivity index (χ0v) is 14.7. The predicted octanol–water partition coefficient (Wildman–Crippen LogP) is 3.25. The van der Waals surface area contributed by atoms with Crippen molar-refractivity contribution in [2.75, 3.05) is 0 Å². The molecule has 1 atom stereocenters. The number of halogens is 1. The highest BCUT2D eigenvalue weighted by Crippen LogP contribution is 2.15. The standard InChI is InChI=1S/C17H16IN3O2/c1-11(23-13-8-6-12(18)7-9-13)17(22)19-10-16-20-14-4-2-3-5-15(14)21-16/h2-9,11H,10H2,1H3,(H,19,22)(H,20,21)/t11-/m1/s1. The molecule has 2 aromatic carbocycles. The first-order valence-electron chi connectivity index (χ1n) is 7.25. The summed E-state index contributed by atoms with van der Waals surface area (Å²) in [6.45, 7) is 2.07.